The zero-order valence-electron chi connectivity index (χ0n) is 13.8. The molecule has 0 amide bonds. The molecule has 146 valence electrons. The SMILES string of the molecule is O=S(=O)(c1cccc(Cl)c1)N1CCN(S(=O)(=O)c2ccc(F)c(F)c2)CC1. The summed E-state index contributed by atoms with van der Waals surface area (Å²) in [5, 5.41) is 0.274. The maximum absolute atomic E-state index is 13.4. The zero-order valence-corrected chi connectivity index (χ0v) is 16.2. The molecule has 11 heteroatoms. The van der Waals surface area contributed by atoms with Gasteiger partial charge in [0.2, 0.25) is 20.0 Å². The van der Waals surface area contributed by atoms with Crippen LogP contribution in [0.3, 0.4) is 0 Å². The van der Waals surface area contributed by atoms with E-state index in [0.717, 1.165) is 20.7 Å². The fourth-order valence-electron chi connectivity index (χ4n) is 2.71. The van der Waals surface area contributed by atoms with Crippen LogP contribution in [0.2, 0.25) is 5.02 Å². The molecule has 2 aromatic rings. The van der Waals surface area contributed by atoms with Gasteiger partial charge in [0.05, 0.1) is 9.79 Å². The molecule has 0 radical (unpaired) electrons. The van der Waals surface area contributed by atoms with E-state index in [1.807, 2.05) is 0 Å². The van der Waals surface area contributed by atoms with Gasteiger partial charge in [-0.25, -0.2) is 25.6 Å². The van der Waals surface area contributed by atoms with Gasteiger partial charge in [0.25, 0.3) is 0 Å². The Hall–Kier alpha value is -1.59. The summed E-state index contributed by atoms with van der Waals surface area (Å²) in [4.78, 5) is -0.362. The van der Waals surface area contributed by atoms with Crippen LogP contribution in [-0.4, -0.2) is 51.6 Å². The molecule has 1 aliphatic rings. The highest BCUT2D eigenvalue weighted by Gasteiger charge is 2.34. The molecule has 1 saturated heterocycles. The highest BCUT2D eigenvalue weighted by Crippen LogP contribution is 2.24. The molecule has 0 atom stereocenters. The van der Waals surface area contributed by atoms with E-state index in [1.54, 1.807) is 6.07 Å². The summed E-state index contributed by atoms with van der Waals surface area (Å²) < 4.78 is 79.1. The third-order valence-corrected chi connectivity index (χ3v) is 8.18. The van der Waals surface area contributed by atoms with Crippen molar-refractivity contribution < 1.29 is 25.6 Å². The molecular formula is C16H15ClF2N2O4S2. The molecule has 0 aliphatic carbocycles. The minimum Gasteiger partial charge on any atom is -0.207 e. The van der Waals surface area contributed by atoms with Gasteiger partial charge in [-0.05, 0) is 36.4 Å². The van der Waals surface area contributed by atoms with Crippen LogP contribution in [0.5, 0.6) is 0 Å². The minimum absolute atomic E-state index is 0.0203. The molecule has 0 saturated carbocycles. The largest absolute Gasteiger partial charge is 0.243 e. The second-order valence-corrected chi connectivity index (χ2v) is 10.2. The molecule has 27 heavy (non-hydrogen) atoms. The van der Waals surface area contributed by atoms with Crippen LogP contribution in [-0.2, 0) is 20.0 Å². The molecule has 0 unspecified atom stereocenters. The Labute approximate surface area is 161 Å². The third-order valence-electron chi connectivity index (χ3n) is 4.16. The first-order chi connectivity index (χ1) is 12.6. The number of hydrogen-bond donors (Lipinski definition) is 0. The van der Waals surface area contributed by atoms with Gasteiger partial charge in [-0.2, -0.15) is 8.61 Å². The van der Waals surface area contributed by atoms with E-state index in [2.05, 4.69) is 0 Å². The smallest absolute Gasteiger partial charge is 0.207 e. The Bertz CT molecular complexity index is 1070. The fourth-order valence-corrected chi connectivity index (χ4v) is 5.87. The van der Waals surface area contributed by atoms with Crippen molar-refractivity contribution in [3.8, 4) is 0 Å². The van der Waals surface area contributed by atoms with E-state index >= 15 is 0 Å². The number of benzene rings is 2. The monoisotopic (exact) mass is 436 g/mol. The molecule has 0 N–H and O–H groups in total. The first kappa shape index (κ1) is 20.2. The van der Waals surface area contributed by atoms with Crippen molar-refractivity contribution in [3.05, 3.63) is 59.1 Å². The van der Waals surface area contributed by atoms with E-state index in [-0.39, 0.29) is 41.0 Å². The lowest BCUT2D eigenvalue weighted by molar-refractivity contribution is 0.272. The van der Waals surface area contributed by atoms with E-state index in [0.29, 0.717) is 6.07 Å². The Morgan fingerprint density at radius 1 is 0.741 bits per heavy atom. The third kappa shape index (κ3) is 3.99. The Morgan fingerprint density at radius 3 is 1.74 bits per heavy atom. The second kappa shape index (κ2) is 7.44. The highest BCUT2D eigenvalue weighted by atomic mass is 35.5. The van der Waals surface area contributed by atoms with Crippen LogP contribution in [0.25, 0.3) is 0 Å². The molecular weight excluding hydrogens is 422 g/mol. The summed E-state index contributed by atoms with van der Waals surface area (Å²) >= 11 is 5.84. The fraction of sp³-hybridized carbons (Fsp3) is 0.250. The van der Waals surface area contributed by atoms with E-state index in [4.69, 9.17) is 11.6 Å². The molecule has 1 aliphatic heterocycles. The molecule has 1 heterocycles. The summed E-state index contributed by atoms with van der Waals surface area (Å²) in [5.74, 6) is -2.41. The quantitative estimate of drug-likeness (QED) is 0.737. The molecule has 0 aromatic heterocycles. The van der Waals surface area contributed by atoms with E-state index in [9.17, 15) is 25.6 Å². The molecule has 1 fully saturated rings. The first-order valence-corrected chi connectivity index (χ1v) is 11.1. The van der Waals surface area contributed by atoms with E-state index < -0.39 is 31.7 Å². The summed E-state index contributed by atoms with van der Waals surface area (Å²) in [5.41, 5.74) is 0. The van der Waals surface area contributed by atoms with Gasteiger partial charge in [0.1, 0.15) is 0 Å². The Balaban J connectivity index is 1.77. The normalized spacial score (nSPS) is 17.1. The zero-order chi connectivity index (χ0) is 19.8. The van der Waals surface area contributed by atoms with Crippen LogP contribution in [0.1, 0.15) is 0 Å². The average molecular weight is 437 g/mol. The first-order valence-electron chi connectivity index (χ1n) is 7.83. The number of halogens is 3. The predicted octanol–water partition coefficient (Wildman–Crippen LogP) is 2.31. The number of hydrogen-bond acceptors (Lipinski definition) is 4. The molecule has 0 spiro atoms. The van der Waals surface area contributed by atoms with Gasteiger partial charge >= 0.3 is 0 Å². The van der Waals surface area contributed by atoms with Crippen molar-refractivity contribution >= 4 is 31.6 Å². The van der Waals surface area contributed by atoms with Crippen LogP contribution >= 0.6 is 11.6 Å². The van der Waals surface area contributed by atoms with Gasteiger partial charge in [-0.3, -0.25) is 0 Å². The number of piperazine rings is 1. The van der Waals surface area contributed by atoms with Crippen molar-refractivity contribution in [3.63, 3.8) is 0 Å². The Kier molecular flexibility index (Phi) is 5.55. The van der Waals surface area contributed by atoms with Crippen molar-refractivity contribution in [2.24, 2.45) is 0 Å². The number of rotatable bonds is 4. The van der Waals surface area contributed by atoms with E-state index in [1.165, 1.54) is 18.2 Å². The molecule has 3 rings (SSSR count). The van der Waals surface area contributed by atoms with Crippen LogP contribution in [0.4, 0.5) is 8.78 Å². The molecule has 2 aromatic carbocycles. The number of nitrogens with zero attached hydrogens (tertiary/aromatic N) is 2. The second-order valence-electron chi connectivity index (χ2n) is 5.84. The molecule has 0 bridgehead atoms. The van der Waals surface area contributed by atoms with Gasteiger partial charge in [-0.1, -0.05) is 17.7 Å². The standard InChI is InChI=1S/C16H15ClF2N2O4S2/c17-12-2-1-3-13(10-12)26(22,23)20-6-8-21(9-7-20)27(24,25)14-4-5-15(18)16(19)11-14/h1-5,10-11H,6-9H2. The summed E-state index contributed by atoms with van der Waals surface area (Å²) in [6.45, 7) is -0.363. The maximum Gasteiger partial charge on any atom is 0.243 e. The van der Waals surface area contributed by atoms with Gasteiger partial charge < -0.3 is 0 Å². The Morgan fingerprint density at radius 2 is 1.26 bits per heavy atom. The van der Waals surface area contributed by atoms with Gasteiger partial charge in [0.15, 0.2) is 11.6 Å². The lowest BCUT2D eigenvalue weighted by Gasteiger charge is -2.33. The number of sulfonamides is 2. The minimum atomic E-state index is -4.06. The highest BCUT2D eigenvalue weighted by molar-refractivity contribution is 7.89. The van der Waals surface area contributed by atoms with Crippen molar-refractivity contribution in [1.29, 1.82) is 0 Å². The molecule has 6 nitrogen and oxygen atoms in total. The summed E-state index contributed by atoms with van der Waals surface area (Å²) in [6, 6.07) is 8.11. The lowest BCUT2D eigenvalue weighted by Crippen LogP contribution is -2.50. The maximum atomic E-state index is 13.4. The lowest BCUT2D eigenvalue weighted by atomic mass is 10.3. The van der Waals surface area contributed by atoms with Crippen molar-refractivity contribution in [1.82, 2.24) is 8.61 Å². The van der Waals surface area contributed by atoms with Crippen molar-refractivity contribution in [2.75, 3.05) is 26.2 Å². The van der Waals surface area contributed by atoms with Crippen LogP contribution in [0.15, 0.2) is 52.3 Å². The van der Waals surface area contributed by atoms with Crippen molar-refractivity contribution in [2.45, 2.75) is 9.79 Å². The van der Waals surface area contributed by atoms with Crippen LogP contribution < -0.4 is 0 Å². The average Bonchev–Trinajstić information content (AvgIpc) is 2.64. The summed E-state index contributed by atoms with van der Waals surface area (Å²) in [7, 11) is -7.87. The van der Waals surface area contributed by atoms with Crippen LogP contribution in [0, 0.1) is 11.6 Å². The summed E-state index contributed by atoms with van der Waals surface area (Å²) in [6.07, 6.45) is 0. The predicted molar refractivity (Wildman–Crippen MR) is 95.3 cm³/mol. The van der Waals surface area contributed by atoms with Gasteiger partial charge in [0, 0.05) is 31.2 Å². The van der Waals surface area contributed by atoms with Gasteiger partial charge in [-0.15, -0.1) is 0 Å². The topological polar surface area (TPSA) is 74.8 Å².